The molecule has 0 bridgehead atoms. The van der Waals surface area contributed by atoms with Gasteiger partial charge < -0.3 is 20.1 Å². The Morgan fingerprint density at radius 3 is 1.62 bits per heavy atom. The van der Waals surface area contributed by atoms with Crippen LogP contribution in [0.5, 0.6) is 17.2 Å². The second-order valence-electron chi connectivity index (χ2n) is 2.55. The third kappa shape index (κ3) is 4.68. The summed E-state index contributed by atoms with van der Waals surface area (Å²) in [6, 6.07) is 4.01. The summed E-state index contributed by atoms with van der Waals surface area (Å²) in [7, 11) is 0. The zero-order chi connectivity index (χ0) is 10.4. The van der Waals surface area contributed by atoms with E-state index >= 15 is 0 Å². The number of carbonyl (C=O) groups is 1. The smallest absolute Gasteiger partial charge is 0.200 e. The topological polar surface area (TPSA) is 77.8 Å². The lowest BCUT2D eigenvalue weighted by molar-refractivity contribution is -0.114. The van der Waals surface area contributed by atoms with Gasteiger partial charge >= 0.3 is 0 Å². The van der Waals surface area contributed by atoms with Crippen molar-refractivity contribution in [2.24, 2.45) is 0 Å². The van der Waals surface area contributed by atoms with Gasteiger partial charge in [0.05, 0.1) is 0 Å². The van der Waals surface area contributed by atoms with Gasteiger partial charge in [-0.05, 0) is 26.0 Å². The van der Waals surface area contributed by atoms with Gasteiger partial charge in [0, 0.05) is 0 Å². The lowest BCUT2D eigenvalue weighted by atomic mass is 10.3. The van der Waals surface area contributed by atoms with Crippen molar-refractivity contribution in [3.8, 4) is 17.2 Å². The van der Waals surface area contributed by atoms with Crippen molar-refractivity contribution in [1.82, 2.24) is 0 Å². The normalized spacial score (nSPS) is 8.46. The van der Waals surface area contributed by atoms with Crippen LogP contribution in [0.25, 0.3) is 0 Å². The Morgan fingerprint density at radius 2 is 1.38 bits per heavy atom. The number of aromatic hydroxyl groups is 3. The summed E-state index contributed by atoms with van der Waals surface area (Å²) in [4.78, 5) is 9.44. The molecule has 0 saturated heterocycles. The van der Waals surface area contributed by atoms with E-state index in [0.29, 0.717) is 0 Å². The van der Waals surface area contributed by atoms with E-state index < -0.39 is 5.75 Å². The Morgan fingerprint density at radius 1 is 1.08 bits per heavy atom. The molecule has 0 amide bonds. The van der Waals surface area contributed by atoms with Crippen LogP contribution in [-0.4, -0.2) is 21.1 Å². The highest BCUT2D eigenvalue weighted by Crippen LogP contribution is 2.32. The first-order valence-electron chi connectivity index (χ1n) is 3.62. The van der Waals surface area contributed by atoms with Crippen LogP contribution in [0.3, 0.4) is 0 Å². The first-order valence-corrected chi connectivity index (χ1v) is 3.62. The van der Waals surface area contributed by atoms with Gasteiger partial charge in [-0.25, -0.2) is 0 Å². The second-order valence-corrected chi connectivity index (χ2v) is 2.55. The lowest BCUT2D eigenvalue weighted by Crippen LogP contribution is -1.69. The molecule has 0 heterocycles. The second kappa shape index (κ2) is 5.03. The minimum Gasteiger partial charge on any atom is -0.504 e. The fraction of sp³-hybridized carbons (Fsp3) is 0.222. The molecule has 0 fully saturated rings. The molecule has 0 spiro atoms. The van der Waals surface area contributed by atoms with Crippen LogP contribution in [0.15, 0.2) is 18.2 Å². The predicted octanol–water partition coefficient (Wildman–Crippen LogP) is 1.40. The van der Waals surface area contributed by atoms with Crippen LogP contribution in [0.2, 0.25) is 0 Å². The van der Waals surface area contributed by atoms with E-state index in [1.165, 1.54) is 32.0 Å². The third-order valence-electron chi connectivity index (χ3n) is 0.993. The summed E-state index contributed by atoms with van der Waals surface area (Å²) in [6.45, 7) is 3.06. The van der Waals surface area contributed by atoms with E-state index in [0.717, 1.165) is 0 Å². The van der Waals surface area contributed by atoms with E-state index in [9.17, 15) is 4.79 Å². The molecule has 1 aromatic carbocycles. The van der Waals surface area contributed by atoms with E-state index in [1.807, 2.05) is 0 Å². The zero-order valence-corrected chi connectivity index (χ0v) is 7.48. The molecule has 4 nitrogen and oxygen atoms in total. The quantitative estimate of drug-likeness (QED) is 0.532. The van der Waals surface area contributed by atoms with Crippen LogP contribution >= 0.6 is 0 Å². The molecule has 0 radical (unpaired) electrons. The van der Waals surface area contributed by atoms with Crippen molar-refractivity contribution in [3.63, 3.8) is 0 Å². The number of phenols is 3. The van der Waals surface area contributed by atoms with Crippen molar-refractivity contribution < 1.29 is 20.1 Å². The molecule has 72 valence electrons. The summed E-state index contributed by atoms with van der Waals surface area (Å²) in [5.41, 5.74) is 0. The summed E-state index contributed by atoms with van der Waals surface area (Å²) in [5, 5.41) is 26.1. The fourth-order valence-corrected chi connectivity index (χ4v) is 0.519. The highest BCUT2D eigenvalue weighted by Gasteiger charge is 2.00. The number of para-hydroxylation sites is 1. The number of carbonyl (C=O) groups excluding carboxylic acids is 1. The first kappa shape index (κ1) is 11.3. The zero-order valence-electron chi connectivity index (χ0n) is 7.48. The average Bonchev–Trinajstić information content (AvgIpc) is 1.99. The number of benzene rings is 1. The fourth-order valence-electron chi connectivity index (χ4n) is 0.519. The number of hydrogen-bond acceptors (Lipinski definition) is 4. The number of rotatable bonds is 0. The Hall–Kier alpha value is -1.71. The van der Waals surface area contributed by atoms with Gasteiger partial charge in [-0.1, -0.05) is 6.07 Å². The molecule has 0 atom stereocenters. The van der Waals surface area contributed by atoms with Gasteiger partial charge in [0.25, 0.3) is 0 Å². The molecule has 1 aromatic rings. The molecule has 13 heavy (non-hydrogen) atoms. The molecule has 0 saturated carbocycles. The van der Waals surface area contributed by atoms with Gasteiger partial charge in [0.2, 0.25) is 0 Å². The van der Waals surface area contributed by atoms with Gasteiger partial charge in [0.15, 0.2) is 17.2 Å². The summed E-state index contributed by atoms with van der Waals surface area (Å²) >= 11 is 0. The van der Waals surface area contributed by atoms with E-state index in [2.05, 4.69) is 0 Å². The molecule has 0 aromatic heterocycles. The maximum absolute atomic E-state index is 9.44. The highest BCUT2D eigenvalue weighted by molar-refractivity contribution is 5.72. The van der Waals surface area contributed by atoms with Gasteiger partial charge in [-0.2, -0.15) is 0 Å². The number of ketones is 1. The lowest BCUT2D eigenvalue weighted by Gasteiger charge is -1.96. The predicted molar refractivity (Wildman–Crippen MR) is 47.8 cm³/mol. The summed E-state index contributed by atoms with van der Waals surface area (Å²) < 4.78 is 0. The largest absolute Gasteiger partial charge is 0.504 e. The Kier molecular flexibility index (Phi) is 4.37. The van der Waals surface area contributed by atoms with Crippen molar-refractivity contribution >= 4 is 5.78 Å². The Balaban J connectivity index is 0.000000310. The van der Waals surface area contributed by atoms with E-state index in [1.54, 1.807) is 0 Å². The molecule has 1 rings (SSSR count). The summed E-state index contributed by atoms with van der Waals surface area (Å²) in [6.07, 6.45) is 0. The van der Waals surface area contributed by atoms with Crippen LogP contribution in [0, 0.1) is 0 Å². The number of Topliss-reactive ketones (excluding diaryl/α,β-unsaturated/α-hetero) is 1. The van der Waals surface area contributed by atoms with Crippen molar-refractivity contribution in [2.45, 2.75) is 13.8 Å². The van der Waals surface area contributed by atoms with Crippen LogP contribution < -0.4 is 0 Å². The van der Waals surface area contributed by atoms with Crippen molar-refractivity contribution in [3.05, 3.63) is 18.2 Å². The molecular formula is C9H12O4. The monoisotopic (exact) mass is 184 g/mol. The molecule has 0 unspecified atom stereocenters. The number of hydrogen-bond donors (Lipinski definition) is 3. The minimum absolute atomic E-state index is 0.167. The van der Waals surface area contributed by atoms with E-state index in [4.69, 9.17) is 15.3 Å². The standard InChI is InChI=1S/C6H6O3.C3H6O/c7-4-2-1-3-5(8)6(4)9;1-3(2)4/h1-3,7-9H;1-2H3. The summed E-state index contributed by atoms with van der Waals surface area (Å²) in [5.74, 6) is -0.928. The molecule has 4 heteroatoms. The molecule has 3 N–H and O–H groups in total. The number of phenolic OH excluding ortho intramolecular Hbond substituents is 3. The Bertz CT molecular complexity index is 269. The minimum atomic E-state index is -0.475. The Labute approximate surface area is 76.1 Å². The maximum atomic E-state index is 9.44. The maximum Gasteiger partial charge on any atom is 0.200 e. The van der Waals surface area contributed by atoms with Crippen LogP contribution in [0.1, 0.15) is 13.8 Å². The van der Waals surface area contributed by atoms with Gasteiger partial charge in [0.1, 0.15) is 5.78 Å². The van der Waals surface area contributed by atoms with Crippen LogP contribution in [-0.2, 0) is 4.79 Å². The van der Waals surface area contributed by atoms with Gasteiger partial charge in [-0.15, -0.1) is 0 Å². The highest BCUT2D eigenvalue weighted by atomic mass is 16.3. The van der Waals surface area contributed by atoms with Gasteiger partial charge in [-0.3, -0.25) is 0 Å². The third-order valence-corrected chi connectivity index (χ3v) is 0.993. The average molecular weight is 184 g/mol. The first-order chi connectivity index (χ1) is 5.95. The molecular weight excluding hydrogens is 172 g/mol. The molecule has 0 aliphatic heterocycles. The van der Waals surface area contributed by atoms with Crippen molar-refractivity contribution in [2.75, 3.05) is 0 Å². The van der Waals surface area contributed by atoms with E-state index in [-0.39, 0.29) is 17.3 Å². The molecule has 0 aliphatic rings. The SMILES string of the molecule is CC(C)=O.Oc1cccc(O)c1O. The molecule has 0 aliphatic carbocycles. The van der Waals surface area contributed by atoms with Crippen molar-refractivity contribution in [1.29, 1.82) is 0 Å². The van der Waals surface area contributed by atoms with Crippen LogP contribution in [0.4, 0.5) is 0 Å².